The zero-order valence-electron chi connectivity index (χ0n) is 15.8. The molecule has 2 rings (SSSR count). The number of rotatable bonds is 7. The van der Waals surface area contributed by atoms with Crippen LogP contribution in [0.3, 0.4) is 0 Å². The van der Waals surface area contributed by atoms with Gasteiger partial charge in [-0.1, -0.05) is 11.8 Å². The highest BCUT2D eigenvalue weighted by molar-refractivity contribution is 7.99. The lowest BCUT2D eigenvalue weighted by molar-refractivity contribution is 0.252. The van der Waals surface area contributed by atoms with Crippen molar-refractivity contribution in [2.75, 3.05) is 17.6 Å². The molecule has 0 atom stereocenters. The first-order valence-corrected chi connectivity index (χ1v) is 9.46. The van der Waals surface area contributed by atoms with Crippen molar-refractivity contribution >= 4 is 23.5 Å². The molecule has 0 aliphatic rings. The summed E-state index contributed by atoms with van der Waals surface area (Å²) in [5, 5.41) is 19.4. The SMILES string of the molecule is CCn1c(C)nnc1SCCNC(=O)Nc1c(C)nn(C(C)C)c1C. The minimum atomic E-state index is -0.219. The van der Waals surface area contributed by atoms with E-state index in [0.717, 1.165) is 40.4 Å². The highest BCUT2D eigenvalue weighted by Gasteiger charge is 2.15. The molecule has 0 spiro atoms. The van der Waals surface area contributed by atoms with Gasteiger partial charge in [0.25, 0.3) is 0 Å². The molecule has 0 aromatic carbocycles. The van der Waals surface area contributed by atoms with Crippen molar-refractivity contribution in [2.45, 2.75) is 59.3 Å². The average molecular weight is 366 g/mol. The van der Waals surface area contributed by atoms with Crippen molar-refractivity contribution in [2.24, 2.45) is 0 Å². The lowest BCUT2D eigenvalue weighted by atomic mass is 10.3. The maximum atomic E-state index is 12.1. The number of amides is 2. The van der Waals surface area contributed by atoms with Gasteiger partial charge in [0.1, 0.15) is 5.82 Å². The Hall–Kier alpha value is -2.03. The van der Waals surface area contributed by atoms with Crippen LogP contribution in [0.2, 0.25) is 0 Å². The van der Waals surface area contributed by atoms with Crippen molar-refractivity contribution in [1.82, 2.24) is 29.9 Å². The molecule has 0 fully saturated rings. The minimum absolute atomic E-state index is 0.219. The van der Waals surface area contributed by atoms with E-state index in [0.29, 0.717) is 6.54 Å². The first-order valence-electron chi connectivity index (χ1n) is 8.48. The third-order valence-corrected chi connectivity index (χ3v) is 4.86. The Morgan fingerprint density at radius 2 is 1.96 bits per heavy atom. The molecule has 2 amide bonds. The highest BCUT2D eigenvalue weighted by atomic mass is 32.2. The molecule has 2 aromatic rings. The first-order chi connectivity index (χ1) is 11.8. The van der Waals surface area contributed by atoms with Gasteiger partial charge < -0.3 is 15.2 Å². The number of thioether (sulfide) groups is 1. The molecule has 0 aliphatic heterocycles. The van der Waals surface area contributed by atoms with Gasteiger partial charge in [0, 0.05) is 24.9 Å². The Kier molecular flexibility index (Phi) is 6.46. The predicted molar refractivity (Wildman–Crippen MR) is 100 cm³/mol. The van der Waals surface area contributed by atoms with E-state index in [9.17, 15) is 4.79 Å². The van der Waals surface area contributed by atoms with Crippen LogP contribution in [0.15, 0.2) is 5.16 Å². The molecule has 25 heavy (non-hydrogen) atoms. The lowest BCUT2D eigenvalue weighted by Crippen LogP contribution is -2.31. The predicted octanol–water partition coefficient (Wildman–Crippen LogP) is 2.91. The zero-order chi connectivity index (χ0) is 18.6. The summed E-state index contributed by atoms with van der Waals surface area (Å²) >= 11 is 1.59. The lowest BCUT2D eigenvalue weighted by Gasteiger charge is -2.10. The minimum Gasteiger partial charge on any atom is -0.337 e. The van der Waals surface area contributed by atoms with Crippen LogP contribution in [-0.2, 0) is 6.54 Å². The average Bonchev–Trinajstić information content (AvgIpc) is 3.05. The van der Waals surface area contributed by atoms with Gasteiger partial charge in [0.15, 0.2) is 5.16 Å². The van der Waals surface area contributed by atoms with Crippen LogP contribution in [0, 0.1) is 20.8 Å². The number of hydrogen-bond donors (Lipinski definition) is 2. The number of nitrogens with zero attached hydrogens (tertiary/aromatic N) is 5. The summed E-state index contributed by atoms with van der Waals surface area (Å²) in [6.45, 7) is 13.4. The Bertz CT molecular complexity index is 735. The molecule has 0 unspecified atom stereocenters. The third-order valence-electron chi connectivity index (χ3n) is 3.89. The summed E-state index contributed by atoms with van der Waals surface area (Å²) in [5.41, 5.74) is 2.56. The smallest absolute Gasteiger partial charge is 0.319 e. The summed E-state index contributed by atoms with van der Waals surface area (Å²) in [7, 11) is 0. The largest absolute Gasteiger partial charge is 0.337 e. The van der Waals surface area contributed by atoms with E-state index in [4.69, 9.17) is 0 Å². The van der Waals surface area contributed by atoms with Gasteiger partial charge in [-0.15, -0.1) is 10.2 Å². The van der Waals surface area contributed by atoms with E-state index in [1.165, 1.54) is 0 Å². The van der Waals surface area contributed by atoms with Crippen LogP contribution >= 0.6 is 11.8 Å². The van der Waals surface area contributed by atoms with E-state index in [2.05, 4.69) is 51.3 Å². The van der Waals surface area contributed by atoms with Crippen molar-refractivity contribution in [3.05, 3.63) is 17.2 Å². The molecule has 0 saturated carbocycles. The summed E-state index contributed by atoms with van der Waals surface area (Å²) in [5.74, 6) is 1.64. The fourth-order valence-corrected chi connectivity index (χ4v) is 3.55. The van der Waals surface area contributed by atoms with Crippen LogP contribution in [0.25, 0.3) is 0 Å². The van der Waals surface area contributed by atoms with Gasteiger partial charge in [-0.2, -0.15) is 5.10 Å². The molecule has 8 nitrogen and oxygen atoms in total. The number of nitrogens with one attached hydrogen (secondary N) is 2. The Labute approximate surface area is 152 Å². The van der Waals surface area contributed by atoms with Gasteiger partial charge in [-0.05, 0) is 41.5 Å². The van der Waals surface area contributed by atoms with Crippen molar-refractivity contribution < 1.29 is 4.79 Å². The number of aryl methyl sites for hydroxylation is 2. The Morgan fingerprint density at radius 1 is 1.24 bits per heavy atom. The Morgan fingerprint density at radius 3 is 2.56 bits per heavy atom. The fraction of sp³-hybridized carbons (Fsp3) is 0.625. The molecule has 0 radical (unpaired) electrons. The van der Waals surface area contributed by atoms with Gasteiger partial charge in [0.2, 0.25) is 0 Å². The van der Waals surface area contributed by atoms with E-state index in [1.54, 1.807) is 11.8 Å². The second-order valence-electron chi connectivity index (χ2n) is 6.09. The molecular formula is C16H27N7OS. The summed E-state index contributed by atoms with van der Waals surface area (Å²) < 4.78 is 3.97. The number of anilines is 1. The standard InChI is InChI=1S/C16H27N7OS/c1-7-22-13(6)19-20-16(22)25-9-8-17-15(24)18-14-11(4)21-23(10(2)3)12(14)5/h10H,7-9H2,1-6H3,(H2,17,18,24). The molecule has 2 N–H and O–H groups in total. The Balaban J connectivity index is 1.83. The molecule has 9 heteroatoms. The van der Waals surface area contributed by atoms with Gasteiger partial charge in [0.05, 0.1) is 17.1 Å². The van der Waals surface area contributed by atoms with Crippen LogP contribution in [-0.4, -0.2) is 42.9 Å². The van der Waals surface area contributed by atoms with Gasteiger partial charge >= 0.3 is 6.03 Å². The van der Waals surface area contributed by atoms with Crippen LogP contribution in [0.5, 0.6) is 0 Å². The second-order valence-corrected chi connectivity index (χ2v) is 7.15. The molecule has 2 aromatic heterocycles. The van der Waals surface area contributed by atoms with Crippen molar-refractivity contribution in [1.29, 1.82) is 0 Å². The van der Waals surface area contributed by atoms with E-state index in [1.807, 2.05) is 25.5 Å². The fourth-order valence-electron chi connectivity index (χ4n) is 2.64. The molecule has 2 heterocycles. The van der Waals surface area contributed by atoms with E-state index < -0.39 is 0 Å². The van der Waals surface area contributed by atoms with Gasteiger partial charge in [-0.25, -0.2) is 4.79 Å². The monoisotopic (exact) mass is 365 g/mol. The van der Waals surface area contributed by atoms with Crippen LogP contribution in [0.1, 0.15) is 44.0 Å². The summed E-state index contributed by atoms with van der Waals surface area (Å²) in [4.78, 5) is 12.1. The maximum absolute atomic E-state index is 12.1. The normalized spacial score (nSPS) is 11.2. The molecule has 0 bridgehead atoms. The van der Waals surface area contributed by atoms with Crippen LogP contribution in [0.4, 0.5) is 10.5 Å². The third kappa shape index (κ3) is 4.53. The van der Waals surface area contributed by atoms with E-state index >= 15 is 0 Å². The zero-order valence-corrected chi connectivity index (χ0v) is 16.6. The number of carbonyl (C=O) groups is 1. The molecule has 0 aliphatic carbocycles. The van der Waals surface area contributed by atoms with E-state index in [-0.39, 0.29) is 12.1 Å². The summed E-state index contributed by atoms with van der Waals surface area (Å²) in [6, 6.07) is 0.0383. The second kappa shape index (κ2) is 8.37. The first kappa shape index (κ1) is 19.3. The van der Waals surface area contributed by atoms with Crippen LogP contribution < -0.4 is 10.6 Å². The van der Waals surface area contributed by atoms with Gasteiger partial charge in [-0.3, -0.25) is 4.68 Å². The molecule has 0 saturated heterocycles. The highest BCUT2D eigenvalue weighted by Crippen LogP contribution is 2.22. The maximum Gasteiger partial charge on any atom is 0.319 e. The number of aromatic nitrogens is 5. The summed E-state index contributed by atoms with van der Waals surface area (Å²) in [6.07, 6.45) is 0. The topological polar surface area (TPSA) is 89.7 Å². The number of carbonyl (C=O) groups excluding carboxylic acids is 1. The van der Waals surface area contributed by atoms with Crippen molar-refractivity contribution in [3.8, 4) is 0 Å². The quantitative estimate of drug-likeness (QED) is 0.582. The number of urea groups is 1. The van der Waals surface area contributed by atoms with Crippen molar-refractivity contribution in [3.63, 3.8) is 0 Å². The molecular weight excluding hydrogens is 338 g/mol. The number of hydrogen-bond acceptors (Lipinski definition) is 5. The molecule has 138 valence electrons.